The third kappa shape index (κ3) is 6.37. The van der Waals surface area contributed by atoms with Crippen molar-refractivity contribution in [1.29, 1.82) is 0 Å². The molecule has 3 aromatic rings. The van der Waals surface area contributed by atoms with Gasteiger partial charge in [0.15, 0.2) is 0 Å². The van der Waals surface area contributed by atoms with Gasteiger partial charge in [0.2, 0.25) is 0 Å². The molecule has 1 aliphatic heterocycles. The summed E-state index contributed by atoms with van der Waals surface area (Å²) in [5.74, 6) is 1.11. The molecule has 1 heterocycles. The van der Waals surface area contributed by atoms with Crippen molar-refractivity contribution in [3.05, 3.63) is 96.8 Å². The van der Waals surface area contributed by atoms with Crippen LogP contribution in [0, 0.1) is 13.8 Å². The van der Waals surface area contributed by atoms with Gasteiger partial charge in [0, 0.05) is 0 Å². The van der Waals surface area contributed by atoms with Gasteiger partial charge in [-0.25, -0.2) is 0 Å². The maximum Gasteiger partial charge on any atom is 0.293 e. The van der Waals surface area contributed by atoms with Gasteiger partial charge in [-0.15, -0.1) is 0 Å². The molecule has 0 unspecified atom stereocenters. The Kier molecular flexibility index (Phi) is 8.36. The zero-order valence-corrected chi connectivity index (χ0v) is 23.2. The van der Waals surface area contributed by atoms with Crippen molar-refractivity contribution in [2.75, 3.05) is 13.2 Å². The predicted molar refractivity (Wildman–Crippen MR) is 147 cm³/mol. The summed E-state index contributed by atoms with van der Waals surface area (Å²) in [6, 6.07) is 19.6. The zero-order valence-electron chi connectivity index (χ0n) is 19.2. The number of thioether (sulfide) groups is 1. The maximum absolute atomic E-state index is 12.9. The summed E-state index contributed by atoms with van der Waals surface area (Å²) in [7, 11) is 0. The molecule has 0 aromatic heterocycles. The standard InChI is InChI=1S/C27H23Br2NO4S/c1-17-8-9-18(2)23(12-17)33-11-10-30-26(31)24(35-27(30)32)15-20-13-21(28)25(22(29)14-20)34-16-19-6-4-3-5-7-19/h3-9,12-15H,10-11,16H2,1-2H3/b24-15-. The lowest BCUT2D eigenvalue weighted by Crippen LogP contribution is -2.32. The highest BCUT2D eigenvalue weighted by Crippen LogP contribution is 2.38. The summed E-state index contributed by atoms with van der Waals surface area (Å²) in [6.07, 6.45) is 1.72. The number of nitrogens with zero attached hydrogens (tertiary/aromatic N) is 1. The highest BCUT2D eigenvalue weighted by atomic mass is 79.9. The van der Waals surface area contributed by atoms with Crippen molar-refractivity contribution in [2.24, 2.45) is 0 Å². The molecule has 0 bridgehead atoms. The molecule has 1 fully saturated rings. The number of amides is 2. The van der Waals surface area contributed by atoms with E-state index >= 15 is 0 Å². The molecule has 0 saturated carbocycles. The molecule has 1 saturated heterocycles. The van der Waals surface area contributed by atoms with Crippen LogP contribution < -0.4 is 9.47 Å². The SMILES string of the molecule is Cc1ccc(C)c(OCCN2C(=O)S/C(=C\c3cc(Br)c(OCc4ccccc4)c(Br)c3)C2=O)c1. The van der Waals surface area contributed by atoms with Crippen LogP contribution in [0.15, 0.2) is 74.5 Å². The molecule has 35 heavy (non-hydrogen) atoms. The van der Waals surface area contributed by atoms with Crippen LogP contribution in [-0.2, 0) is 11.4 Å². The van der Waals surface area contributed by atoms with Crippen LogP contribution in [0.4, 0.5) is 4.79 Å². The van der Waals surface area contributed by atoms with Crippen LogP contribution >= 0.6 is 43.6 Å². The van der Waals surface area contributed by atoms with E-state index in [1.54, 1.807) is 6.08 Å². The van der Waals surface area contributed by atoms with Crippen molar-refractivity contribution in [3.8, 4) is 11.5 Å². The molecule has 0 radical (unpaired) electrons. The lowest BCUT2D eigenvalue weighted by molar-refractivity contribution is -0.123. The van der Waals surface area contributed by atoms with E-state index in [9.17, 15) is 9.59 Å². The summed E-state index contributed by atoms with van der Waals surface area (Å²) in [5.41, 5.74) is 3.93. The largest absolute Gasteiger partial charge is 0.491 e. The molecule has 3 aromatic carbocycles. The molecule has 8 heteroatoms. The van der Waals surface area contributed by atoms with E-state index < -0.39 is 0 Å². The molecular weight excluding hydrogens is 594 g/mol. The molecular formula is C27H23Br2NO4S. The Bertz CT molecular complexity index is 1270. The zero-order chi connectivity index (χ0) is 24.9. The molecule has 180 valence electrons. The highest BCUT2D eigenvalue weighted by molar-refractivity contribution is 9.11. The first-order valence-corrected chi connectivity index (χ1v) is 13.3. The molecule has 0 N–H and O–H groups in total. The van der Waals surface area contributed by atoms with Gasteiger partial charge in [-0.2, -0.15) is 0 Å². The summed E-state index contributed by atoms with van der Waals surface area (Å²) in [5, 5.41) is -0.299. The predicted octanol–water partition coefficient (Wildman–Crippen LogP) is 7.52. The first-order chi connectivity index (χ1) is 16.8. The number of carbonyl (C=O) groups is 2. The maximum atomic E-state index is 12.9. The number of benzene rings is 3. The van der Waals surface area contributed by atoms with E-state index in [4.69, 9.17) is 9.47 Å². The number of carbonyl (C=O) groups excluding carboxylic acids is 2. The van der Waals surface area contributed by atoms with E-state index in [0.29, 0.717) is 17.3 Å². The minimum Gasteiger partial charge on any atom is -0.491 e. The average molecular weight is 617 g/mol. The first-order valence-electron chi connectivity index (χ1n) is 10.9. The van der Waals surface area contributed by atoms with Gasteiger partial charge in [0.05, 0.1) is 20.4 Å². The smallest absolute Gasteiger partial charge is 0.293 e. The number of hydrogen-bond acceptors (Lipinski definition) is 5. The monoisotopic (exact) mass is 615 g/mol. The molecule has 4 rings (SSSR count). The van der Waals surface area contributed by atoms with Gasteiger partial charge >= 0.3 is 0 Å². The number of ether oxygens (including phenoxy) is 2. The first kappa shape index (κ1) is 25.5. The van der Waals surface area contributed by atoms with Crippen LogP contribution in [0.5, 0.6) is 11.5 Å². The van der Waals surface area contributed by atoms with Gasteiger partial charge in [0.1, 0.15) is 24.7 Å². The van der Waals surface area contributed by atoms with E-state index in [-0.39, 0.29) is 24.3 Å². The van der Waals surface area contributed by atoms with Crippen molar-refractivity contribution in [3.63, 3.8) is 0 Å². The van der Waals surface area contributed by atoms with Gasteiger partial charge in [-0.3, -0.25) is 14.5 Å². The van der Waals surface area contributed by atoms with Crippen LogP contribution in [0.2, 0.25) is 0 Å². The molecule has 0 atom stereocenters. The Morgan fingerprint density at radius 1 is 0.943 bits per heavy atom. The lowest BCUT2D eigenvalue weighted by atomic mass is 10.1. The summed E-state index contributed by atoms with van der Waals surface area (Å²) in [6.45, 7) is 4.81. The van der Waals surface area contributed by atoms with Crippen molar-refractivity contribution >= 4 is 60.8 Å². The molecule has 2 amide bonds. The molecule has 0 spiro atoms. The fourth-order valence-electron chi connectivity index (χ4n) is 3.48. The number of aryl methyl sites for hydroxylation is 2. The van der Waals surface area contributed by atoms with E-state index in [1.807, 2.05) is 74.5 Å². The Labute approximate surface area is 225 Å². The second-order valence-corrected chi connectivity index (χ2v) is 10.7. The van der Waals surface area contributed by atoms with Gasteiger partial charge in [0.25, 0.3) is 11.1 Å². The normalized spacial score (nSPS) is 14.6. The van der Waals surface area contributed by atoms with Crippen LogP contribution in [0.25, 0.3) is 6.08 Å². The number of hydrogen-bond donors (Lipinski definition) is 0. The lowest BCUT2D eigenvalue weighted by Gasteiger charge is -2.14. The minimum atomic E-state index is -0.318. The Balaban J connectivity index is 1.41. The summed E-state index contributed by atoms with van der Waals surface area (Å²) >= 11 is 8.05. The number of rotatable bonds is 8. The van der Waals surface area contributed by atoms with Gasteiger partial charge in [-0.05, 0) is 104 Å². The van der Waals surface area contributed by atoms with E-state index in [0.717, 1.165) is 48.7 Å². The summed E-state index contributed by atoms with van der Waals surface area (Å²) < 4.78 is 13.3. The molecule has 5 nitrogen and oxygen atoms in total. The molecule has 1 aliphatic rings. The van der Waals surface area contributed by atoms with Gasteiger partial charge in [-0.1, -0.05) is 42.5 Å². The van der Waals surface area contributed by atoms with Crippen LogP contribution in [-0.4, -0.2) is 29.2 Å². The fraction of sp³-hybridized carbons (Fsp3) is 0.185. The molecule has 0 aliphatic carbocycles. The van der Waals surface area contributed by atoms with Crippen molar-refractivity contribution in [2.45, 2.75) is 20.5 Å². The highest BCUT2D eigenvalue weighted by Gasteiger charge is 2.34. The Morgan fingerprint density at radius 2 is 1.66 bits per heavy atom. The second kappa shape index (κ2) is 11.5. The van der Waals surface area contributed by atoms with Crippen molar-refractivity contribution < 1.29 is 19.1 Å². The average Bonchev–Trinajstić information content (AvgIpc) is 3.08. The third-order valence-electron chi connectivity index (χ3n) is 5.33. The van der Waals surface area contributed by atoms with Crippen molar-refractivity contribution in [1.82, 2.24) is 4.90 Å². The minimum absolute atomic E-state index is 0.190. The quantitative estimate of drug-likeness (QED) is 0.245. The third-order valence-corrected chi connectivity index (χ3v) is 7.42. The van der Waals surface area contributed by atoms with E-state index in [2.05, 4.69) is 31.9 Å². The summed E-state index contributed by atoms with van der Waals surface area (Å²) in [4.78, 5) is 27.0. The Hall–Kier alpha value is -2.55. The van der Waals surface area contributed by atoms with Gasteiger partial charge < -0.3 is 9.47 Å². The van der Waals surface area contributed by atoms with E-state index in [1.165, 1.54) is 4.90 Å². The number of halogens is 2. The fourth-order valence-corrected chi connectivity index (χ4v) is 5.80. The van der Waals surface area contributed by atoms with Crippen LogP contribution in [0.1, 0.15) is 22.3 Å². The topological polar surface area (TPSA) is 55.8 Å². The van der Waals surface area contributed by atoms with Crippen LogP contribution in [0.3, 0.4) is 0 Å². The second-order valence-electron chi connectivity index (χ2n) is 8.04. The number of imide groups is 1. The Morgan fingerprint density at radius 3 is 2.37 bits per heavy atom.